The molecule has 3 aromatic rings. The van der Waals surface area contributed by atoms with Gasteiger partial charge in [0.15, 0.2) is 0 Å². The molecule has 1 aliphatic heterocycles. The fourth-order valence-corrected chi connectivity index (χ4v) is 4.41. The fraction of sp³-hybridized carbons (Fsp3) is 0.182. The predicted octanol–water partition coefficient (Wildman–Crippen LogP) is 5.24. The van der Waals surface area contributed by atoms with Crippen LogP contribution in [0.1, 0.15) is 28.4 Å². The Morgan fingerprint density at radius 1 is 1.03 bits per heavy atom. The monoisotopic (exact) mass is 485 g/mol. The summed E-state index contributed by atoms with van der Waals surface area (Å²) in [5, 5.41) is 5.13. The van der Waals surface area contributed by atoms with E-state index in [9.17, 15) is 30.4 Å². The predicted molar refractivity (Wildman–Crippen MR) is 109 cm³/mol. The highest BCUT2D eigenvalue weighted by Crippen LogP contribution is 2.49. The van der Waals surface area contributed by atoms with Gasteiger partial charge in [0.1, 0.15) is 17.6 Å². The van der Waals surface area contributed by atoms with Crippen LogP contribution in [0.15, 0.2) is 60.7 Å². The summed E-state index contributed by atoms with van der Waals surface area (Å²) in [6, 6.07) is 13.0. The van der Waals surface area contributed by atoms with Crippen molar-refractivity contribution in [3.63, 3.8) is 0 Å². The molecular formula is C22H16F5NO4S. The number of hydrogen-bond donors (Lipinski definition) is 1. The Morgan fingerprint density at radius 2 is 1.76 bits per heavy atom. The lowest BCUT2D eigenvalue weighted by Crippen LogP contribution is -2.19. The zero-order valence-corrected chi connectivity index (χ0v) is 17.5. The van der Waals surface area contributed by atoms with Crippen LogP contribution >= 0.6 is 0 Å². The molecule has 11 heteroatoms. The molecule has 0 aliphatic carbocycles. The van der Waals surface area contributed by atoms with E-state index in [1.807, 2.05) is 0 Å². The lowest BCUT2D eigenvalue weighted by molar-refractivity contribution is -0.137. The van der Waals surface area contributed by atoms with Gasteiger partial charge in [-0.15, -0.1) is 0 Å². The van der Waals surface area contributed by atoms with Crippen LogP contribution in [0, 0.1) is 0 Å². The van der Waals surface area contributed by atoms with E-state index in [4.69, 9.17) is 9.88 Å². The van der Waals surface area contributed by atoms with Gasteiger partial charge in [-0.25, -0.2) is 13.6 Å². The van der Waals surface area contributed by atoms with Crippen molar-refractivity contribution in [1.82, 2.24) is 0 Å². The molecule has 4 rings (SSSR count). The molecule has 1 atom stereocenters. The summed E-state index contributed by atoms with van der Waals surface area (Å²) in [5.74, 6) is -0.592. The number of ether oxygens (including phenoxy) is 2. The highest BCUT2D eigenvalue weighted by molar-refractivity contribution is 7.88. The van der Waals surface area contributed by atoms with E-state index in [1.54, 1.807) is 0 Å². The van der Waals surface area contributed by atoms with Gasteiger partial charge in [0.05, 0.1) is 16.9 Å². The molecule has 0 bridgehead atoms. The smallest absolute Gasteiger partial charge is 0.416 e. The quantitative estimate of drug-likeness (QED) is 0.501. The number of hydrogen-bond acceptors (Lipinski definition) is 4. The van der Waals surface area contributed by atoms with Crippen LogP contribution in [0.2, 0.25) is 0 Å². The first kappa shape index (κ1) is 23.0. The molecule has 0 saturated heterocycles. The summed E-state index contributed by atoms with van der Waals surface area (Å²) in [7, 11) is -3.91. The first-order chi connectivity index (χ1) is 15.4. The molecule has 174 valence electrons. The SMILES string of the molecule is NS(=O)(=O)Cc1ccc2c(c1)C(c1cccc(C(F)(F)F)c1)Oc1cccc(OC(F)F)c1-2. The minimum Gasteiger partial charge on any atom is -0.480 e. The highest BCUT2D eigenvalue weighted by Gasteiger charge is 2.34. The minimum atomic E-state index is -4.60. The first-order valence-electron chi connectivity index (χ1n) is 9.48. The third-order valence-electron chi connectivity index (χ3n) is 5.00. The Kier molecular flexibility index (Phi) is 5.79. The van der Waals surface area contributed by atoms with Crippen LogP contribution in [0.4, 0.5) is 22.0 Å². The standard InChI is InChI=1S/C22H16F5NO4S/c23-21(24)32-18-6-2-5-17-19(18)15-8-7-12(11-33(28,29)30)9-16(15)20(31-17)13-3-1-4-14(10-13)22(25,26)27/h1-10,20-21H,11H2,(H2,28,29,30). The summed E-state index contributed by atoms with van der Waals surface area (Å²) in [4.78, 5) is 0. The van der Waals surface area contributed by atoms with Crippen molar-refractivity contribution in [3.05, 3.63) is 82.9 Å². The number of alkyl halides is 5. The van der Waals surface area contributed by atoms with Crippen molar-refractivity contribution in [2.45, 2.75) is 24.6 Å². The molecule has 2 N–H and O–H groups in total. The van der Waals surface area contributed by atoms with Gasteiger partial charge in [-0.3, -0.25) is 0 Å². The Labute approximate surface area is 185 Å². The molecule has 1 aliphatic rings. The number of primary sulfonamides is 1. The summed E-state index contributed by atoms with van der Waals surface area (Å²) >= 11 is 0. The second-order valence-corrected chi connectivity index (χ2v) is 8.97. The normalized spacial score (nSPS) is 15.5. The van der Waals surface area contributed by atoms with Crippen LogP contribution < -0.4 is 14.6 Å². The Hall–Kier alpha value is -3.18. The van der Waals surface area contributed by atoms with Crippen LogP contribution in [0.25, 0.3) is 11.1 Å². The van der Waals surface area contributed by atoms with Crippen molar-refractivity contribution >= 4 is 10.0 Å². The number of halogens is 5. The molecule has 0 amide bonds. The maximum absolute atomic E-state index is 13.3. The average molecular weight is 485 g/mol. The van der Waals surface area contributed by atoms with E-state index in [0.717, 1.165) is 12.1 Å². The molecule has 0 spiro atoms. The van der Waals surface area contributed by atoms with Gasteiger partial charge in [0.25, 0.3) is 0 Å². The fourth-order valence-electron chi connectivity index (χ4n) is 3.76. The van der Waals surface area contributed by atoms with E-state index in [1.165, 1.54) is 48.5 Å². The molecule has 1 heterocycles. The van der Waals surface area contributed by atoms with E-state index in [2.05, 4.69) is 4.74 Å². The van der Waals surface area contributed by atoms with Gasteiger partial charge in [0.2, 0.25) is 10.0 Å². The second kappa shape index (κ2) is 8.31. The zero-order chi connectivity index (χ0) is 24.0. The lowest BCUT2D eigenvalue weighted by Gasteiger charge is -2.31. The first-order valence-corrected chi connectivity index (χ1v) is 11.2. The van der Waals surface area contributed by atoms with E-state index in [0.29, 0.717) is 5.56 Å². The van der Waals surface area contributed by atoms with Crippen molar-refractivity contribution in [3.8, 4) is 22.6 Å². The molecule has 5 nitrogen and oxygen atoms in total. The maximum atomic E-state index is 13.3. The lowest BCUT2D eigenvalue weighted by atomic mass is 9.87. The number of sulfonamides is 1. The Morgan fingerprint density at radius 3 is 2.42 bits per heavy atom. The molecule has 0 aromatic heterocycles. The number of fused-ring (bicyclic) bond motifs is 3. The molecule has 33 heavy (non-hydrogen) atoms. The van der Waals surface area contributed by atoms with Crippen molar-refractivity contribution in [1.29, 1.82) is 0 Å². The molecule has 3 aromatic carbocycles. The molecule has 0 radical (unpaired) electrons. The van der Waals surface area contributed by atoms with Gasteiger partial charge in [0, 0.05) is 5.56 Å². The third-order valence-corrected chi connectivity index (χ3v) is 5.74. The van der Waals surface area contributed by atoms with Gasteiger partial charge in [-0.2, -0.15) is 22.0 Å². The molecular weight excluding hydrogens is 469 g/mol. The van der Waals surface area contributed by atoms with Gasteiger partial charge >= 0.3 is 12.8 Å². The molecule has 0 saturated carbocycles. The van der Waals surface area contributed by atoms with Crippen molar-refractivity contribution in [2.75, 3.05) is 0 Å². The molecule has 1 unspecified atom stereocenters. The van der Waals surface area contributed by atoms with E-state index >= 15 is 0 Å². The van der Waals surface area contributed by atoms with Gasteiger partial charge in [-0.05, 0) is 41.0 Å². The van der Waals surface area contributed by atoms with Crippen molar-refractivity contribution in [2.24, 2.45) is 5.14 Å². The summed E-state index contributed by atoms with van der Waals surface area (Å²) in [6.45, 7) is -3.12. The average Bonchev–Trinajstić information content (AvgIpc) is 2.71. The summed E-state index contributed by atoms with van der Waals surface area (Å²) < 4.78 is 99.5. The topological polar surface area (TPSA) is 78.6 Å². The van der Waals surface area contributed by atoms with Crippen molar-refractivity contribution < 1.29 is 39.8 Å². The summed E-state index contributed by atoms with van der Waals surface area (Å²) in [5.41, 5.74) is 0.322. The maximum Gasteiger partial charge on any atom is 0.416 e. The van der Waals surface area contributed by atoms with Crippen LogP contribution in [-0.4, -0.2) is 15.0 Å². The number of benzene rings is 3. The van der Waals surface area contributed by atoms with Crippen LogP contribution in [0.5, 0.6) is 11.5 Å². The second-order valence-electron chi connectivity index (χ2n) is 7.36. The Balaban J connectivity index is 1.91. The van der Waals surface area contributed by atoms with Gasteiger partial charge < -0.3 is 9.47 Å². The largest absolute Gasteiger partial charge is 0.480 e. The number of nitrogens with two attached hydrogens (primary N) is 1. The number of rotatable bonds is 5. The zero-order valence-electron chi connectivity index (χ0n) is 16.6. The van der Waals surface area contributed by atoms with Crippen LogP contribution in [-0.2, 0) is 22.0 Å². The minimum absolute atomic E-state index is 0.127. The molecule has 0 fully saturated rings. The highest BCUT2D eigenvalue weighted by atomic mass is 32.2. The van der Waals surface area contributed by atoms with E-state index < -0.39 is 40.2 Å². The van der Waals surface area contributed by atoms with Crippen LogP contribution in [0.3, 0.4) is 0 Å². The Bertz CT molecular complexity index is 1310. The van der Waals surface area contributed by atoms with E-state index in [-0.39, 0.29) is 33.8 Å². The summed E-state index contributed by atoms with van der Waals surface area (Å²) in [6.07, 6.45) is -5.67. The van der Waals surface area contributed by atoms with Gasteiger partial charge in [-0.1, -0.05) is 36.4 Å². The third kappa shape index (κ3) is 4.93.